The Balaban J connectivity index is 1.83. The lowest BCUT2D eigenvalue weighted by Gasteiger charge is -2.48. The second kappa shape index (κ2) is 13.5. The van der Waals surface area contributed by atoms with Crippen molar-refractivity contribution in [3.8, 4) is 0 Å². The third-order valence-corrected chi connectivity index (χ3v) is 22.7. The summed E-state index contributed by atoms with van der Waals surface area (Å²) in [5.74, 6) is 0.251. The van der Waals surface area contributed by atoms with Gasteiger partial charge in [-0.3, -0.25) is 4.79 Å². The van der Waals surface area contributed by atoms with Crippen LogP contribution >= 0.6 is 0 Å². The van der Waals surface area contributed by atoms with Crippen molar-refractivity contribution < 1.29 is 18.4 Å². The summed E-state index contributed by atoms with van der Waals surface area (Å²) in [6.07, 6.45) is 3.50. The number of rotatable bonds is 15. The van der Waals surface area contributed by atoms with Crippen LogP contribution in [0.2, 0.25) is 34.8 Å². The molecule has 248 valence electrons. The van der Waals surface area contributed by atoms with E-state index in [2.05, 4.69) is 112 Å². The van der Waals surface area contributed by atoms with E-state index in [1.807, 2.05) is 0 Å². The molecule has 0 saturated carbocycles. The van der Waals surface area contributed by atoms with Crippen LogP contribution in [0.3, 0.4) is 0 Å². The molecule has 0 bridgehead atoms. The highest BCUT2D eigenvalue weighted by Gasteiger charge is 2.62. The molecule has 1 saturated heterocycles. The van der Waals surface area contributed by atoms with E-state index >= 15 is 0 Å². The van der Waals surface area contributed by atoms with Gasteiger partial charge in [0.15, 0.2) is 20.3 Å². The normalized spacial score (nSPS) is 27.4. The van der Waals surface area contributed by atoms with E-state index in [-0.39, 0.29) is 18.1 Å². The third-order valence-electron chi connectivity index (χ3n) is 12.0. The summed E-state index contributed by atoms with van der Waals surface area (Å²) in [6.45, 7) is 28.8. The van der Waals surface area contributed by atoms with Crippen molar-refractivity contribution in [2.45, 2.75) is 161 Å². The second-order valence-electron chi connectivity index (χ2n) is 15.2. The molecule has 1 fully saturated rings. The highest BCUT2D eigenvalue weighted by Crippen LogP contribution is 2.57. The van der Waals surface area contributed by atoms with Crippen LogP contribution in [0.4, 0.5) is 5.69 Å². The van der Waals surface area contributed by atoms with Gasteiger partial charge in [-0.1, -0.05) is 93.9 Å². The molecule has 0 amide bonds. The molecular formula is C37H63NO4Si2. The fourth-order valence-corrected chi connectivity index (χ4v) is 18.0. The predicted molar refractivity (Wildman–Crippen MR) is 189 cm³/mol. The minimum atomic E-state index is -2.29. The number of ketones is 1. The maximum Gasteiger partial charge on any atom is 0.201 e. The highest BCUT2D eigenvalue weighted by molar-refractivity contribution is 6.77. The molecule has 0 N–H and O–H groups in total. The number of hydrogen-bond donors (Lipinski definition) is 0. The van der Waals surface area contributed by atoms with Gasteiger partial charge in [-0.2, -0.15) is 0 Å². The van der Waals surface area contributed by atoms with E-state index in [0.717, 1.165) is 55.1 Å². The van der Waals surface area contributed by atoms with Crippen LogP contribution in [0.1, 0.15) is 114 Å². The topological polar surface area (TPSA) is 48.0 Å². The molecule has 2 heterocycles. The number of benzene rings is 1. The lowest BCUT2D eigenvalue weighted by molar-refractivity contribution is -0.126. The Morgan fingerprint density at radius 2 is 1.57 bits per heavy atom. The summed E-state index contributed by atoms with van der Waals surface area (Å²) in [7, 11) is -4.27. The summed E-state index contributed by atoms with van der Waals surface area (Å²) in [5.41, 5.74) is 4.71. The molecule has 1 aromatic carbocycles. The Morgan fingerprint density at radius 3 is 2.11 bits per heavy atom. The lowest BCUT2D eigenvalue weighted by Crippen LogP contribution is -2.58. The van der Waals surface area contributed by atoms with Gasteiger partial charge in [0.1, 0.15) is 5.60 Å². The van der Waals surface area contributed by atoms with Gasteiger partial charge in [0.25, 0.3) is 0 Å². The Kier molecular flexibility index (Phi) is 10.9. The first-order chi connectivity index (χ1) is 20.7. The molecule has 7 heteroatoms. The van der Waals surface area contributed by atoms with Crippen LogP contribution in [0.5, 0.6) is 0 Å². The van der Waals surface area contributed by atoms with Gasteiger partial charge in [0.05, 0.1) is 18.1 Å². The number of hydrogen-bond acceptors (Lipinski definition) is 5. The van der Waals surface area contributed by atoms with Gasteiger partial charge in [-0.25, -0.2) is 0 Å². The van der Waals surface area contributed by atoms with Gasteiger partial charge in [0, 0.05) is 24.2 Å². The number of ether oxygens (including phenoxy) is 1. The number of carbonyl (C=O) groups is 1. The number of para-hydroxylation sites is 1. The molecule has 0 aromatic heterocycles. The van der Waals surface area contributed by atoms with E-state index in [9.17, 15) is 4.79 Å². The first kappa shape index (κ1) is 35.6. The minimum Gasteiger partial charge on any atom is -0.408 e. The molecule has 1 aromatic rings. The van der Waals surface area contributed by atoms with Crippen LogP contribution in [-0.4, -0.2) is 47.9 Å². The molecule has 44 heavy (non-hydrogen) atoms. The standard InChI is InChI=1S/C37H63NO4Si2/c1-13-17-20-30-29(11)33(39)36(12,34(30)41-44(26(5)6,27(7)8)28(9)10)25-38-32-22-19-18-21-31(32)37(23-24-40-35(37)38)42-43(14-2,15-3)16-4/h18-19,21-22,26-28,34-35H,13-17,20,23-25H2,1-12H3/t34-,35+,36+,37-/m1/s1. The molecule has 4 atom stereocenters. The van der Waals surface area contributed by atoms with Crippen molar-refractivity contribution in [3.05, 3.63) is 41.0 Å². The van der Waals surface area contributed by atoms with E-state index in [0.29, 0.717) is 29.8 Å². The number of unbranched alkanes of at least 4 members (excludes halogenated alkanes) is 1. The molecule has 4 rings (SSSR count). The van der Waals surface area contributed by atoms with Crippen molar-refractivity contribution in [1.82, 2.24) is 0 Å². The number of fused-ring (bicyclic) bond motifs is 3. The zero-order valence-electron chi connectivity index (χ0n) is 30.1. The van der Waals surface area contributed by atoms with Crippen LogP contribution < -0.4 is 4.90 Å². The average molecular weight is 642 g/mol. The van der Waals surface area contributed by atoms with Gasteiger partial charge in [-0.15, -0.1) is 0 Å². The molecule has 1 aliphatic carbocycles. The third kappa shape index (κ3) is 5.54. The quantitative estimate of drug-likeness (QED) is 0.178. The van der Waals surface area contributed by atoms with Crippen LogP contribution in [0.15, 0.2) is 35.4 Å². The predicted octanol–water partition coefficient (Wildman–Crippen LogP) is 10.1. The largest absolute Gasteiger partial charge is 0.408 e. The fourth-order valence-electron chi connectivity index (χ4n) is 9.36. The Morgan fingerprint density at radius 1 is 0.977 bits per heavy atom. The average Bonchev–Trinajstić information content (AvgIpc) is 3.57. The SMILES string of the molecule is CCCCC1=C(C)C(=O)[C@](C)(CN2c3ccccc3[C@]3(O[Si](CC)(CC)CC)CCO[C@H]23)[C@@H]1O[Si](C(C)C)(C(C)C)C(C)C. The molecule has 2 aliphatic heterocycles. The van der Waals surface area contributed by atoms with Gasteiger partial charge in [-0.05, 0) is 78.7 Å². The molecule has 0 spiro atoms. The summed E-state index contributed by atoms with van der Waals surface area (Å²) in [5, 5.41) is 0. The lowest BCUT2D eigenvalue weighted by atomic mass is 9.81. The first-order valence-electron chi connectivity index (χ1n) is 17.8. The second-order valence-corrected chi connectivity index (χ2v) is 25.3. The first-order valence-corrected chi connectivity index (χ1v) is 22.5. The zero-order valence-corrected chi connectivity index (χ0v) is 32.1. The van der Waals surface area contributed by atoms with Crippen molar-refractivity contribution in [2.75, 3.05) is 18.1 Å². The summed E-state index contributed by atoms with van der Waals surface area (Å²) in [4.78, 5) is 17.0. The summed E-state index contributed by atoms with van der Waals surface area (Å²) < 4.78 is 21.9. The zero-order chi connectivity index (χ0) is 32.7. The van der Waals surface area contributed by atoms with Gasteiger partial charge >= 0.3 is 0 Å². The summed E-state index contributed by atoms with van der Waals surface area (Å²) >= 11 is 0. The van der Waals surface area contributed by atoms with E-state index in [4.69, 9.17) is 13.6 Å². The number of carbonyl (C=O) groups excluding carboxylic acids is 1. The molecular weight excluding hydrogens is 579 g/mol. The van der Waals surface area contributed by atoms with Crippen LogP contribution in [0, 0.1) is 5.41 Å². The smallest absolute Gasteiger partial charge is 0.201 e. The Labute approximate surface area is 271 Å². The number of Topliss-reactive ketones (excluding diaryl/α,β-unsaturated/α-hetero) is 1. The van der Waals surface area contributed by atoms with Crippen molar-refractivity contribution in [3.63, 3.8) is 0 Å². The highest BCUT2D eigenvalue weighted by atomic mass is 28.4. The van der Waals surface area contributed by atoms with Crippen molar-refractivity contribution in [2.24, 2.45) is 5.41 Å². The van der Waals surface area contributed by atoms with Gasteiger partial charge < -0.3 is 18.5 Å². The Bertz CT molecular complexity index is 1180. The van der Waals surface area contributed by atoms with Crippen molar-refractivity contribution in [1.29, 1.82) is 0 Å². The van der Waals surface area contributed by atoms with Crippen LogP contribution in [-0.2, 0) is 24.0 Å². The maximum absolute atomic E-state index is 14.6. The van der Waals surface area contributed by atoms with Gasteiger partial charge in [0.2, 0.25) is 8.32 Å². The van der Waals surface area contributed by atoms with Crippen molar-refractivity contribution >= 4 is 28.1 Å². The number of allylic oxidation sites excluding steroid dienone is 1. The molecule has 5 nitrogen and oxygen atoms in total. The maximum atomic E-state index is 14.6. The Hall–Kier alpha value is -1.26. The number of nitrogens with zero attached hydrogens (tertiary/aromatic N) is 1. The van der Waals surface area contributed by atoms with E-state index in [1.165, 1.54) is 11.1 Å². The monoisotopic (exact) mass is 641 g/mol. The minimum absolute atomic E-state index is 0.222. The van der Waals surface area contributed by atoms with E-state index < -0.39 is 27.7 Å². The van der Waals surface area contributed by atoms with E-state index in [1.54, 1.807) is 0 Å². The molecule has 0 radical (unpaired) electrons. The summed E-state index contributed by atoms with van der Waals surface area (Å²) in [6, 6.07) is 12.0. The molecule has 3 aliphatic rings. The van der Waals surface area contributed by atoms with Crippen LogP contribution in [0.25, 0.3) is 0 Å². The fraction of sp³-hybridized carbons (Fsp3) is 0.757. The number of anilines is 1. The molecule has 0 unspecified atom stereocenters.